The Morgan fingerprint density at radius 2 is 1.89 bits per heavy atom. The van der Waals surface area contributed by atoms with Crippen molar-refractivity contribution >= 4 is 38.2 Å². The molecule has 0 unspecified atom stereocenters. The van der Waals surface area contributed by atoms with Crippen LogP contribution in [0.1, 0.15) is 10.6 Å². The minimum Gasteiger partial charge on any atom is -0.306 e. The lowest BCUT2D eigenvalue weighted by Gasteiger charge is -2.04. The van der Waals surface area contributed by atoms with Gasteiger partial charge >= 0.3 is 0 Å². The maximum absolute atomic E-state index is 4.64. The summed E-state index contributed by atoms with van der Waals surface area (Å²) in [4.78, 5) is 5.97. The van der Waals surface area contributed by atoms with Crippen LogP contribution in [-0.2, 0) is 13.1 Å². The van der Waals surface area contributed by atoms with E-state index in [-0.39, 0.29) is 0 Å². The van der Waals surface area contributed by atoms with E-state index >= 15 is 0 Å². The predicted molar refractivity (Wildman–Crippen MR) is 84.3 cm³/mol. The Balaban J connectivity index is 1.65. The fourth-order valence-corrected chi connectivity index (χ4v) is 3.42. The maximum atomic E-state index is 4.64. The van der Waals surface area contributed by atoms with Gasteiger partial charge in [-0.15, -0.1) is 11.3 Å². The first kappa shape index (κ1) is 12.8. The summed E-state index contributed by atoms with van der Waals surface area (Å²) in [6.07, 6.45) is 0. The molecule has 0 saturated heterocycles. The molecule has 0 radical (unpaired) electrons. The fourth-order valence-electron chi connectivity index (χ4n) is 1.97. The van der Waals surface area contributed by atoms with E-state index < -0.39 is 0 Å². The fraction of sp³-hybridized carbons (Fsp3) is 0.133. The number of thiophene rings is 1. The van der Waals surface area contributed by atoms with Crippen LogP contribution in [0.2, 0.25) is 0 Å². The summed E-state index contributed by atoms with van der Waals surface area (Å²) >= 11 is 5.23. The minimum atomic E-state index is 0.792. The molecule has 2 heterocycles. The van der Waals surface area contributed by atoms with Gasteiger partial charge in [0, 0.05) is 23.4 Å². The van der Waals surface area contributed by atoms with Gasteiger partial charge in [-0.25, -0.2) is 0 Å². The van der Waals surface area contributed by atoms with Gasteiger partial charge in [0.25, 0.3) is 0 Å². The number of hydrogen-bond donors (Lipinski definition) is 1. The molecule has 3 aromatic rings. The zero-order valence-corrected chi connectivity index (χ0v) is 12.7. The van der Waals surface area contributed by atoms with E-state index in [4.69, 9.17) is 0 Å². The minimum absolute atomic E-state index is 0.792. The molecular formula is C15H13BrN2S. The highest BCUT2D eigenvalue weighted by molar-refractivity contribution is 9.11. The molecule has 0 atom stereocenters. The summed E-state index contributed by atoms with van der Waals surface area (Å²) in [6.45, 7) is 1.67. The molecule has 0 aliphatic rings. The Morgan fingerprint density at radius 3 is 2.74 bits per heavy atom. The van der Waals surface area contributed by atoms with E-state index in [1.165, 1.54) is 14.0 Å². The maximum Gasteiger partial charge on any atom is 0.0705 e. The average molecular weight is 333 g/mol. The van der Waals surface area contributed by atoms with E-state index in [1.807, 2.05) is 12.1 Å². The van der Waals surface area contributed by atoms with Gasteiger partial charge < -0.3 is 5.32 Å². The van der Waals surface area contributed by atoms with Gasteiger partial charge in [0.05, 0.1) is 15.0 Å². The van der Waals surface area contributed by atoms with Gasteiger partial charge in [0.15, 0.2) is 0 Å². The van der Waals surface area contributed by atoms with Crippen LogP contribution < -0.4 is 5.32 Å². The molecule has 0 aliphatic heterocycles. The highest BCUT2D eigenvalue weighted by atomic mass is 79.9. The second kappa shape index (κ2) is 5.82. The Labute approximate surface area is 124 Å². The van der Waals surface area contributed by atoms with Crippen molar-refractivity contribution in [2.24, 2.45) is 0 Å². The summed E-state index contributed by atoms with van der Waals surface area (Å²) in [5.41, 5.74) is 2.13. The molecule has 19 heavy (non-hydrogen) atoms. The van der Waals surface area contributed by atoms with Crippen LogP contribution in [0.15, 0.2) is 52.3 Å². The molecule has 96 valence electrons. The Hall–Kier alpha value is -1.23. The monoisotopic (exact) mass is 332 g/mol. The van der Waals surface area contributed by atoms with Crippen LogP contribution in [0.4, 0.5) is 0 Å². The van der Waals surface area contributed by atoms with E-state index in [0.717, 1.165) is 24.3 Å². The third-order valence-corrected chi connectivity index (χ3v) is 4.51. The van der Waals surface area contributed by atoms with Gasteiger partial charge in [0.2, 0.25) is 0 Å². The SMILES string of the molecule is Brc1ccc(CNCc2ccc3ccccc3n2)s1. The van der Waals surface area contributed by atoms with E-state index in [1.54, 1.807) is 11.3 Å². The van der Waals surface area contributed by atoms with Crippen molar-refractivity contribution in [1.82, 2.24) is 10.3 Å². The molecule has 2 nitrogen and oxygen atoms in total. The molecule has 3 rings (SSSR count). The van der Waals surface area contributed by atoms with Crippen LogP contribution in [-0.4, -0.2) is 4.98 Å². The van der Waals surface area contributed by atoms with Gasteiger partial charge in [-0.3, -0.25) is 4.98 Å². The van der Waals surface area contributed by atoms with Crippen molar-refractivity contribution < 1.29 is 0 Å². The van der Waals surface area contributed by atoms with Gasteiger partial charge in [-0.2, -0.15) is 0 Å². The molecule has 1 N–H and O–H groups in total. The molecular weight excluding hydrogens is 320 g/mol. The number of halogens is 1. The first-order valence-electron chi connectivity index (χ1n) is 6.11. The number of hydrogen-bond acceptors (Lipinski definition) is 3. The van der Waals surface area contributed by atoms with Crippen LogP contribution in [0.25, 0.3) is 10.9 Å². The summed E-state index contributed by atoms with van der Waals surface area (Å²) < 4.78 is 1.17. The van der Waals surface area contributed by atoms with Gasteiger partial charge in [-0.05, 0) is 40.2 Å². The zero-order valence-electron chi connectivity index (χ0n) is 10.3. The Morgan fingerprint density at radius 1 is 1.00 bits per heavy atom. The highest BCUT2D eigenvalue weighted by Crippen LogP contribution is 2.21. The number of aromatic nitrogens is 1. The van der Waals surface area contributed by atoms with Crippen LogP contribution in [0.3, 0.4) is 0 Å². The van der Waals surface area contributed by atoms with Crippen LogP contribution in [0, 0.1) is 0 Å². The molecule has 0 aliphatic carbocycles. The van der Waals surface area contributed by atoms with Crippen molar-refractivity contribution in [3.63, 3.8) is 0 Å². The number of para-hydroxylation sites is 1. The van der Waals surface area contributed by atoms with Crippen molar-refractivity contribution in [2.45, 2.75) is 13.1 Å². The van der Waals surface area contributed by atoms with Crippen LogP contribution in [0.5, 0.6) is 0 Å². The number of nitrogens with one attached hydrogen (secondary N) is 1. The third-order valence-electron chi connectivity index (χ3n) is 2.89. The Kier molecular flexibility index (Phi) is 3.92. The smallest absolute Gasteiger partial charge is 0.0705 e. The number of nitrogens with zero attached hydrogens (tertiary/aromatic N) is 1. The Bertz CT molecular complexity index is 693. The third kappa shape index (κ3) is 3.21. The van der Waals surface area contributed by atoms with Crippen molar-refractivity contribution in [3.8, 4) is 0 Å². The first-order chi connectivity index (χ1) is 9.31. The number of pyridine rings is 1. The normalized spacial score (nSPS) is 11.0. The summed E-state index contributed by atoms with van der Waals surface area (Å²) in [5, 5.41) is 4.61. The number of rotatable bonds is 4. The number of benzene rings is 1. The summed E-state index contributed by atoms with van der Waals surface area (Å²) in [6, 6.07) is 16.6. The molecule has 4 heteroatoms. The molecule has 0 bridgehead atoms. The van der Waals surface area contributed by atoms with E-state index in [9.17, 15) is 0 Å². The summed E-state index contributed by atoms with van der Waals surface area (Å²) in [5.74, 6) is 0. The number of fused-ring (bicyclic) bond motifs is 1. The van der Waals surface area contributed by atoms with Crippen molar-refractivity contribution in [1.29, 1.82) is 0 Å². The largest absolute Gasteiger partial charge is 0.306 e. The molecule has 0 spiro atoms. The standard InChI is InChI=1S/C15H13BrN2S/c16-15-8-7-13(19-15)10-17-9-12-6-5-11-3-1-2-4-14(11)18-12/h1-8,17H,9-10H2. The van der Waals surface area contributed by atoms with Crippen LogP contribution >= 0.6 is 27.3 Å². The predicted octanol–water partition coefficient (Wildman–Crippen LogP) is 4.35. The average Bonchev–Trinajstić information content (AvgIpc) is 2.84. The lowest BCUT2D eigenvalue weighted by atomic mass is 10.2. The van der Waals surface area contributed by atoms with Crippen molar-refractivity contribution in [3.05, 3.63) is 62.9 Å². The lowest BCUT2D eigenvalue weighted by Crippen LogP contribution is -2.12. The van der Waals surface area contributed by atoms with Gasteiger partial charge in [0.1, 0.15) is 0 Å². The van der Waals surface area contributed by atoms with E-state index in [0.29, 0.717) is 0 Å². The molecule has 1 aromatic carbocycles. The molecule has 2 aromatic heterocycles. The zero-order chi connectivity index (χ0) is 13.1. The van der Waals surface area contributed by atoms with E-state index in [2.05, 4.69) is 62.6 Å². The topological polar surface area (TPSA) is 24.9 Å². The molecule has 0 amide bonds. The van der Waals surface area contributed by atoms with Crippen molar-refractivity contribution in [2.75, 3.05) is 0 Å². The quantitative estimate of drug-likeness (QED) is 0.768. The summed E-state index contributed by atoms with van der Waals surface area (Å²) in [7, 11) is 0. The van der Waals surface area contributed by atoms with Gasteiger partial charge in [-0.1, -0.05) is 24.3 Å². The molecule has 0 saturated carbocycles. The second-order valence-corrected chi connectivity index (χ2v) is 6.85. The lowest BCUT2D eigenvalue weighted by molar-refractivity contribution is 0.688. The highest BCUT2D eigenvalue weighted by Gasteiger charge is 2.00. The second-order valence-electron chi connectivity index (χ2n) is 4.30. The molecule has 0 fully saturated rings. The first-order valence-corrected chi connectivity index (χ1v) is 7.72.